The van der Waals surface area contributed by atoms with Gasteiger partial charge in [0.1, 0.15) is 5.75 Å². The second-order valence-corrected chi connectivity index (χ2v) is 8.06. The van der Waals surface area contributed by atoms with Crippen molar-refractivity contribution < 1.29 is 29.3 Å². The van der Waals surface area contributed by atoms with E-state index in [1.807, 2.05) is 12.1 Å². The van der Waals surface area contributed by atoms with E-state index >= 15 is 0 Å². The lowest BCUT2D eigenvalue weighted by atomic mass is 10.0. The first-order valence-electron chi connectivity index (χ1n) is 10.8. The van der Waals surface area contributed by atoms with E-state index in [9.17, 15) is 24.6 Å². The number of ether oxygens (including phenoxy) is 1. The van der Waals surface area contributed by atoms with Crippen LogP contribution in [0, 0.1) is 0 Å². The summed E-state index contributed by atoms with van der Waals surface area (Å²) in [5.41, 5.74) is 14.0. The van der Waals surface area contributed by atoms with Gasteiger partial charge >= 0.3 is 6.03 Å². The number of urea groups is 1. The minimum atomic E-state index is -0.778. The fraction of sp³-hybridized carbons (Fsp3) is 0.0800. The second kappa shape index (κ2) is 8.96. The summed E-state index contributed by atoms with van der Waals surface area (Å²) in [6.45, 7) is 0. The lowest BCUT2D eigenvalue weighted by Crippen LogP contribution is -2.44. The lowest BCUT2D eigenvalue weighted by Gasteiger charge is -2.13. The third-order valence-corrected chi connectivity index (χ3v) is 5.93. The van der Waals surface area contributed by atoms with Crippen molar-refractivity contribution in [1.82, 2.24) is 21.7 Å². The van der Waals surface area contributed by atoms with Crippen molar-refractivity contribution in [2.45, 2.75) is 6.04 Å². The van der Waals surface area contributed by atoms with Gasteiger partial charge in [0.25, 0.3) is 5.91 Å². The highest BCUT2D eigenvalue weighted by atomic mass is 16.5. The average Bonchev–Trinajstić information content (AvgIpc) is 3.44. The Balaban J connectivity index is 1.33. The van der Waals surface area contributed by atoms with E-state index in [2.05, 4.69) is 27.0 Å². The molecule has 1 aliphatic heterocycles. The van der Waals surface area contributed by atoms with Gasteiger partial charge in [0.2, 0.25) is 0 Å². The molecular formula is C25H21N5O6. The average molecular weight is 487 g/mol. The third kappa shape index (κ3) is 3.93. The van der Waals surface area contributed by atoms with Gasteiger partial charge in [-0.1, -0.05) is 12.1 Å². The van der Waals surface area contributed by atoms with Crippen molar-refractivity contribution in [3.63, 3.8) is 0 Å². The highest BCUT2D eigenvalue weighted by Gasteiger charge is 2.42. The summed E-state index contributed by atoms with van der Waals surface area (Å²) in [4.78, 5) is 38.1. The number of fused-ring (bicyclic) bond motifs is 3. The van der Waals surface area contributed by atoms with Crippen molar-refractivity contribution >= 4 is 29.1 Å². The first kappa shape index (κ1) is 22.7. The van der Waals surface area contributed by atoms with Crippen molar-refractivity contribution in [2.24, 2.45) is 0 Å². The van der Waals surface area contributed by atoms with Crippen LogP contribution in [0.2, 0.25) is 0 Å². The van der Waals surface area contributed by atoms with Gasteiger partial charge in [-0.05, 0) is 59.7 Å². The molecule has 3 amide bonds. The Morgan fingerprint density at radius 1 is 0.972 bits per heavy atom. The number of anilines is 1. The number of ketones is 1. The smallest absolute Gasteiger partial charge is 0.337 e. The molecule has 1 unspecified atom stereocenters. The minimum Gasteiger partial charge on any atom is -0.504 e. The molecule has 7 N–H and O–H groups in total. The number of phenols is 2. The molecule has 1 heterocycles. The van der Waals surface area contributed by atoms with Crippen LogP contribution in [-0.2, 0) is 0 Å². The number of rotatable bonds is 4. The molecule has 3 aromatic carbocycles. The highest BCUT2D eigenvalue weighted by Crippen LogP contribution is 2.44. The lowest BCUT2D eigenvalue weighted by molar-refractivity contribution is 0.0937. The summed E-state index contributed by atoms with van der Waals surface area (Å²) in [6, 6.07) is 14.7. The van der Waals surface area contributed by atoms with Crippen LogP contribution in [0.4, 0.5) is 10.5 Å². The number of amides is 3. The molecular weight excluding hydrogens is 466 g/mol. The molecule has 0 aromatic heterocycles. The van der Waals surface area contributed by atoms with Gasteiger partial charge in [0.15, 0.2) is 17.3 Å². The molecule has 0 saturated carbocycles. The molecule has 11 nitrogen and oxygen atoms in total. The topological polar surface area (TPSA) is 161 Å². The van der Waals surface area contributed by atoms with Crippen molar-refractivity contribution in [3.05, 3.63) is 88.5 Å². The van der Waals surface area contributed by atoms with Crippen LogP contribution in [0.3, 0.4) is 0 Å². The van der Waals surface area contributed by atoms with E-state index in [1.54, 1.807) is 37.4 Å². The Kier molecular flexibility index (Phi) is 5.66. The first-order chi connectivity index (χ1) is 17.4. The molecule has 1 aliphatic carbocycles. The van der Waals surface area contributed by atoms with E-state index < -0.39 is 23.7 Å². The van der Waals surface area contributed by atoms with Gasteiger partial charge in [0.05, 0.1) is 30.1 Å². The van der Waals surface area contributed by atoms with E-state index in [-0.39, 0.29) is 22.8 Å². The minimum absolute atomic E-state index is 0.0192. The maximum absolute atomic E-state index is 13.4. The van der Waals surface area contributed by atoms with Crippen LogP contribution in [0.15, 0.2) is 66.2 Å². The number of hydrazine groups is 2. The standard InChI is InChI=1S/C25H21N5O6/c1-36-14-8-5-12(6-9-14)21-20-22(28-27-21)15-3-2-4-16(19(15)23(20)33)26-25(35)30-29-24(34)13-7-10-17(31)18(32)11-13/h2-11,22,27-28,31-32H,1H3,(H,29,34)(H2,26,30,35). The van der Waals surface area contributed by atoms with Crippen LogP contribution in [0.25, 0.3) is 5.70 Å². The second-order valence-electron chi connectivity index (χ2n) is 8.06. The zero-order valence-electron chi connectivity index (χ0n) is 18.9. The number of methoxy groups -OCH3 is 1. The van der Waals surface area contributed by atoms with E-state index in [0.717, 1.165) is 17.7 Å². The number of Topliss-reactive ketones (excluding diaryl/α,β-unsaturated/α-hetero) is 1. The first-order valence-corrected chi connectivity index (χ1v) is 10.8. The molecule has 0 spiro atoms. The zero-order chi connectivity index (χ0) is 25.4. The normalized spacial score (nSPS) is 15.6. The fourth-order valence-electron chi connectivity index (χ4n) is 4.20. The molecule has 11 heteroatoms. The van der Waals surface area contributed by atoms with Gasteiger partial charge in [-0.25, -0.2) is 15.6 Å². The molecule has 0 fully saturated rings. The number of hydrogen-bond acceptors (Lipinski definition) is 8. The van der Waals surface area contributed by atoms with Crippen LogP contribution in [0.5, 0.6) is 17.2 Å². The third-order valence-electron chi connectivity index (χ3n) is 5.93. The maximum Gasteiger partial charge on any atom is 0.337 e. The highest BCUT2D eigenvalue weighted by molar-refractivity contribution is 6.22. The number of benzene rings is 3. The van der Waals surface area contributed by atoms with Gasteiger partial charge in [0, 0.05) is 11.1 Å². The predicted molar refractivity (Wildman–Crippen MR) is 129 cm³/mol. The number of phenolic OH excluding ortho intramolecular Hbond substituents is 2. The number of carbonyl (C=O) groups excluding carboxylic acids is 3. The Hall–Kier alpha value is -5.03. The molecule has 0 saturated heterocycles. The van der Waals surface area contributed by atoms with E-state index in [0.29, 0.717) is 28.1 Å². The Bertz CT molecular complexity index is 1430. The molecule has 1 atom stereocenters. The fourth-order valence-corrected chi connectivity index (χ4v) is 4.20. The monoisotopic (exact) mass is 487 g/mol. The summed E-state index contributed by atoms with van der Waals surface area (Å²) in [5, 5.41) is 21.5. The van der Waals surface area contributed by atoms with Crippen LogP contribution in [-0.4, -0.2) is 35.0 Å². The van der Waals surface area contributed by atoms with Gasteiger partial charge in [-0.15, -0.1) is 0 Å². The number of nitrogens with one attached hydrogen (secondary N) is 5. The molecule has 0 bridgehead atoms. The SMILES string of the molecule is COc1ccc(C2=C3C(=O)c4c(NC(=O)NNC(=O)c5ccc(O)c(O)c5)cccc4C3NN2)cc1. The van der Waals surface area contributed by atoms with Crippen molar-refractivity contribution in [2.75, 3.05) is 12.4 Å². The molecule has 2 aliphatic rings. The van der Waals surface area contributed by atoms with Crippen molar-refractivity contribution in [3.8, 4) is 17.2 Å². The molecule has 36 heavy (non-hydrogen) atoms. The Labute approximate surface area is 204 Å². The predicted octanol–water partition coefficient (Wildman–Crippen LogP) is 2.33. The molecule has 3 aromatic rings. The Morgan fingerprint density at radius 3 is 2.47 bits per heavy atom. The van der Waals surface area contributed by atoms with Crippen LogP contribution in [0.1, 0.15) is 37.9 Å². The number of aromatic hydroxyl groups is 2. The summed E-state index contributed by atoms with van der Waals surface area (Å²) < 4.78 is 5.20. The van der Waals surface area contributed by atoms with E-state index in [4.69, 9.17) is 4.74 Å². The number of hydrogen-bond donors (Lipinski definition) is 7. The maximum atomic E-state index is 13.4. The zero-order valence-corrected chi connectivity index (χ0v) is 18.9. The summed E-state index contributed by atoms with van der Waals surface area (Å²) in [7, 11) is 1.58. The summed E-state index contributed by atoms with van der Waals surface area (Å²) in [5.74, 6) is -1.10. The summed E-state index contributed by atoms with van der Waals surface area (Å²) >= 11 is 0. The van der Waals surface area contributed by atoms with Gasteiger partial charge < -0.3 is 25.7 Å². The molecule has 0 radical (unpaired) electrons. The number of carbonyl (C=O) groups is 3. The molecule has 5 rings (SSSR count). The van der Waals surface area contributed by atoms with Crippen molar-refractivity contribution in [1.29, 1.82) is 0 Å². The summed E-state index contributed by atoms with van der Waals surface area (Å²) in [6.07, 6.45) is 0. The van der Waals surface area contributed by atoms with E-state index in [1.165, 1.54) is 6.07 Å². The van der Waals surface area contributed by atoms with Crippen LogP contribution < -0.4 is 31.8 Å². The van der Waals surface area contributed by atoms with Gasteiger partial charge in [-0.2, -0.15) is 0 Å². The van der Waals surface area contributed by atoms with Crippen LogP contribution >= 0.6 is 0 Å². The quantitative estimate of drug-likeness (QED) is 0.218. The Morgan fingerprint density at radius 2 is 1.75 bits per heavy atom. The molecule has 182 valence electrons. The van der Waals surface area contributed by atoms with Gasteiger partial charge in [-0.3, -0.25) is 15.0 Å². The largest absolute Gasteiger partial charge is 0.504 e.